The molecule has 3 aromatic heterocycles. The monoisotopic (exact) mass is 350 g/mol. The fourth-order valence-corrected chi connectivity index (χ4v) is 3.07. The van der Waals surface area contributed by atoms with E-state index in [1.807, 2.05) is 23.9 Å². The minimum Gasteiger partial charge on any atom is -0.493 e. The van der Waals surface area contributed by atoms with Gasteiger partial charge >= 0.3 is 0 Å². The lowest BCUT2D eigenvalue weighted by Crippen LogP contribution is -2.12. The van der Waals surface area contributed by atoms with E-state index in [0.29, 0.717) is 34.6 Å². The van der Waals surface area contributed by atoms with Crippen molar-refractivity contribution >= 4 is 21.9 Å². The zero-order chi connectivity index (χ0) is 18.3. The molecule has 1 N–H and O–H groups in total. The van der Waals surface area contributed by atoms with E-state index in [0.717, 1.165) is 16.6 Å². The number of nitrogens with zero attached hydrogens (tertiary/aromatic N) is 3. The van der Waals surface area contributed by atoms with Crippen molar-refractivity contribution in [1.29, 1.82) is 0 Å². The fourth-order valence-electron chi connectivity index (χ4n) is 3.07. The quantitative estimate of drug-likeness (QED) is 0.611. The second-order valence-electron chi connectivity index (χ2n) is 6.09. The van der Waals surface area contributed by atoms with Crippen molar-refractivity contribution in [2.24, 2.45) is 7.05 Å². The number of pyridine rings is 1. The molecule has 0 aliphatic rings. The van der Waals surface area contributed by atoms with Crippen LogP contribution in [0.4, 0.5) is 0 Å². The number of benzene rings is 1. The summed E-state index contributed by atoms with van der Waals surface area (Å²) in [6, 6.07) is 7.38. The standard InChI is InChI=1S/C19H18N4O3/c1-23-5-4-13-15(23)6-11(10-20-13)7-18-21-14-9-17(26-3)16(25-2)8-12(14)19(24)22-18/h4-6,8-10H,7H2,1-3H3,(H,21,22,24). The van der Waals surface area contributed by atoms with Crippen molar-refractivity contribution in [3.63, 3.8) is 0 Å². The summed E-state index contributed by atoms with van der Waals surface area (Å²) in [7, 11) is 5.06. The van der Waals surface area contributed by atoms with Crippen LogP contribution in [0.3, 0.4) is 0 Å². The van der Waals surface area contributed by atoms with E-state index in [9.17, 15) is 4.79 Å². The van der Waals surface area contributed by atoms with Gasteiger partial charge in [0.15, 0.2) is 11.5 Å². The van der Waals surface area contributed by atoms with Gasteiger partial charge in [-0.15, -0.1) is 0 Å². The third-order valence-electron chi connectivity index (χ3n) is 4.42. The van der Waals surface area contributed by atoms with Crippen LogP contribution in [0.5, 0.6) is 11.5 Å². The molecule has 0 spiro atoms. The average Bonchev–Trinajstić information content (AvgIpc) is 3.01. The molecular formula is C19H18N4O3. The highest BCUT2D eigenvalue weighted by atomic mass is 16.5. The second-order valence-corrected chi connectivity index (χ2v) is 6.09. The highest BCUT2D eigenvalue weighted by Gasteiger charge is 2.12. The first-order valence-corrected chi connectivity index (χ1v) is 8.14. The number of hydrogen-bond donors (Lipinski definition) is 1. The molecule has 0 atom stereocenters. The third-order valence-corrected chi connectivity index (χ3v) is 4.42. The maximum atomic E-state index is 12.5. The normalized spacial score (nSPS) is 11.2. The molecule has 26 heavy (non-hydrogen) atoms. The number of ether oxygens (including phenoxy) is 2. The largest absolute Gasteiger partial charge is 0.493 e. The van der Waals surface area contributed by atoms with Crippen LogP contribution in [-0.2, 0) is 13.5 Å². The van der Waals surface area contributed by atoms with Gasteiger partial charge in [-0.1, -0.05) is 0 Å². The van der Waals surface area contributed by atoms with E-state index in [4.69, 9.17) is 9.47 Å². The first kappa shape index (κ1) is 16.1. The number of methoxy groups -OCH3 is 2. The second kappa shape index (κ2) is 6.18. The summed E-state index contributed by atoms with van der Waals surface area (Å²) >= 11 is 0. The maximum Gasteiger partial charge on any atom is 0.258 e. The number of H-pyrrole nitrogens is 1. The molecule has 7 nitrogen and oxygen atoms in total. The van der Waals surface area contributed by atoms with Crippen molar-refractivity contribution in [2.45, 2.75) is 6.42 Å². The lowest BCUT2D eigenvalue weighted by atomic mass is 10.1. The highest BCUT2D eigenvalue weighted by Crippen LogP contribution is 2.30. The van der Waals surface area contributed by atoms with Crippen LogP contribution in [0.2, 0.25) is 0 Å². The van der Waals surface area contributed by atoms with E-state index in [1.165, 1.54) is 7.11 Å². The number of aromatic nitrogens is 4. The van der Waals surface area contributed by atoms with Crippen LogP contribution >= 0.6 is 0 Å². The predicted molar refractivity (Wildman–Crippen MR) is 99.0 cm³/mol. The lowest BCUT2D eigenvalue weighted by Gasteiger charge is -2.09. The molecule has 0 unspecified atom stereocenters. The van der Waals surface area contributed by atoms with Gasteiger partial charge in [0, 0.05) is 31.9 Å². The summed E-state index contributed by atoms with van der Waals surface area (Å²) in [5.74, 6) is 1.61. The molecule has 4 rings (SSSR count). The number of hydrogen-bond acceptors (Lipinski definition) is 5. The minimum absolute atomic E-state index is 0.209. The first-order valence-electron chi connectivity index (χ1n) is 8.14. The Hall–Kier alpha value is -3.35. The van der Waals surface area contributed by atoms with Crippen LogP contribution in [0, 0.1) is 0 Å². The number of aryl methyl sites for hydroxylation is 1. The van der Waals surface area contributed by atoms with Crippen molar-refractivity contribution in [3.8, 4) is 11.5 Å². The Labute approximate surface area is 149 Å². The molecule has 0 bridgehead atoms. The summed E-state index contributed by atoms with van der Waals surface area (Å²) in [5, 5.41) is 0.461. The predicted octanol–water partition coefficient (Wildman–Crippen LogP) is 2.42. The summed E-state index contributed by atoms with van der Waals surface area (Å²) in [5.41, 5.74) is 3.31. The van der Waals surface area contributed by atoms with Crippen LogP contribution in [0.15, 0.2) is 41.5 Å². The molecule has 0 amide bonds. The maximum absolute atomic E-state index is 12.5. The Balaban J connectivity index is 1.78. The number of rotatable bonds is 4. The molecular weight excluding hydrogens is 332 g/mol. The minimum atomic E-state index is -0.209. The van der Waals surface area contributed by atoms with Gasteiger partial charge in [-0.2, -0.15) is 0 Å². The molecule has 0 aliphatic carbocycles. The van der Waals surface area contributed by atoms with Crippen LogP contribution in [0.25, 0.3) is 21.9 Å². The fraction of sp³-hybridized carbons (Fsp3) is 0.211. The third kappa shape index (κ3) is 2.67. The highest BCUT2D eigenvalue weighted by molar-refractivity contribution is 5.82. The van der Waals surface area contributed by atoms with Gasteiger partial charge in [0.2, 0.25) is 0 Å². The molecule has 0 radical (unpaired) electrons. The molecule has 0 saturated heterocycles. The molecule has 4 aromatic rings. The molecule has 0 aliphatic heterocycles. The molecule has 0 saturated carbocycles. The van der Waals surface area contributed by atoms with Crippen molar-refractivity contribution in [2.75, 3.05) is 14.2 Å². The Kier molecular flexibility index (Phi) is 3.84. The van der Waals surface area contributed by atoms with Crippen LogP contribution in [-0.4, -0.2) is 33.7 Å². The van der Waals surface area contributed by atoms with Crippen LogP contribution < -0.4 is 15.0 Å². The number of aromatic amines is 1. The summed E-state index contributed by atoms with van der Waals surface area (Å²) in [6.45, 7) is 0. The van der Waals surface area contributed by atoms with Gasteiger partial charge in [-0.3, -0.25) is 9.78 Å². The van der Waals surface area contributed by atoms with Gasteiger partial charge < -0.3 is 19.0 Å². The Morgan fingerprint density at radius 3 is 2.65 bits per heavy atom. The molecule has 3 heterocycles. The molecule has 7 heteroatoms. The zero-order valence-electron chi connectivity index (χ0n) is 14.7. The van der Waals surface area contributed by atoms with E-state index in [2.05, 4.69) is 21.0 Å². The number of fused-ring (bicyclic) bond motifs is 2. The number of nitrogens with one attached hydrogen (secondary N) is 1. The van der Waals surface area contributed by atoms with Gasteiger partial charge in [0.05, 0.1) is 36.2 Å². The Morgan fingerprint density at radius 2 is 1.88 bits per heavy atom. The van der Waals surface area contributed by atoms with E-state index >= 15 is 0 Å². The summed E-state index contributed by atoms with van der Waals surface area (Å²) < 4.78 is 12.6. The topological polar surface area (TPSA) is 82.0 Å². The zero-order valence-corrected chi connectivity index (χ0v) is 14.7. The molecule has 132 valence electrons. The van der Waals surface area contributed by atoms with Crippen molar-refractivity contribution in [1.82, 2.24) is 19.5 Å². The van der Waals surface area contributed by atoms with E-state index < -0.39 is 0 Å². The first-order chi connectivity index (χ1) is 12.6. The molecule has 0 fully saturated rings. The van der Waals surface area contributed by atoms with Gasteiger partial charge in [-0.05, 0) is 23.8 Å². The lowest BCUT2D eigenvalue weighted by molar-refractivity contribution is 0.355. The summed E-state index contributed by atoms with van der Waals surface area (Å²) in [4.78, 5) is 24.4. The van der Waals surface area contributed by atoms with Crippen molar-refractivity contribution < 1.29 is 9.47 Å². The Morgan fingerprint density at radius 1 is 1.12 bits per heavy atom. The van der Waals surface area contributed by atoms with Crippen LogP contribution in [0.1, 0.15) is 11.4 Å². The SMILES string of the molecule is COc1cc2nc(Cc3cnc4ccn(C)c4c3)[nH]c(=O)c2cc1OC. The van der Waals surface area contributed by atoms with Crippen molar-refractivity contribution in [3.05, 3.63) is 58.4 Å². The van der Waals surface area contributed by atoms with E-state index in [1.54, 1.807) is 25.4 Å². The van der Waals surface area contributed by atoms with Gasteiger partial charge in [0.1, 0.15) is 5.82 Å². The van der Waals surface area contributed by atoms with E-state index in [-0.39, 0.29) is 5.56 Å². The molecule has 1 aromatic carbocycles. The van der Waals surface area contributed by atoms with Gasteiger partial charge in [0.25, 0.3) is 5.56 Å². The smallest absolute Gasteiger partial charge is 0.258 e. The Bertz CT molecular complexity index is 1180. The average molecular weight is 350 g/mol. The summed E-state index contributed by atoms with van der Waals surface area (Å²) in [6.07, 6.45) is 4.26. The van der Waals surface area contributed by atoms with Gasteiger partial charge in [-0.25, -0.2) is 4.98 Å².